The second kappa shape index (κ2) is 11.0. The predicted octanol–water partition coefficient (Wildman–Crippen LogP) is 9.76. The van der Waals surface area contributed by atoms with Crippen LogP contribution in [0.25, 0.3) is 55.6 Å². The highest BCUT2D eigenvalue weighted by Gasteiger charge is 2.11. The Morgan fingerprint density at radius 2 is 0.775 bits per heavy atom. The van der Waals surface area contributed by atoms with Crippen molar-refractivity contribution in [3.63, 3.8) is 0 Å². The van der Waals surface area contributed by atoms with E-state index in [1.54, 1.807) is 0 Å². The summed E-state index contributed by atoms with van der Waals surface area (Å²) in [6.07, 6.45) is 0. The molecule has 6 aromatic carbocycles. The van der Waals surface area contributed by atoms with Crippen LogP contribution in [0.2, 0.25) is 0 Å². The van der Waals surface area contributed by atoms with Crippen molar-refractivity contribution in [1.82, 2.24) is 0 Å². The summed E-state index contributed by atoms with van der Waals surface area (Å²) in [5, 5.41) is 19.5. The van der Waals surface area contributed by atoms with Crippen LogP contribution in [0.5, 0.6) is 0 Å². The van der Waals surface area contributed by atoms with Gasteiger partial charge in [-0.15, -0.1) is 0 Å². The third kappa shape index (κ3) is 5.03. The Kier molecular flexibility index (Phi) is 6.75. The number of hydrogen-bond acceptors (Lipinski definition) is 2. The van der Waals surface area contributed by atoms with Gasteiger partial charge in [-0.2, -0.15) is 10.5 Å². The molecule has 0 bridgehead atoms. The Morgan fingerprint density at radius 1 is 0.325 bits per heavy atom. The van der Waals surface area contributed by atoms with E-state index in [1.165, 1.54) is 0 Å². The average molecular weight is 509 g/mol. The van der Waals surface area contributed by atoms with Gasteiger partial charge in [-0.3, -0.25) is 0 Å². The molecular weight excluding hydrogens is 484 g/mol. The topological polar surface area (TPSA) is 47.6 Å². The van der Waals surface area contributed by atoms with Crippen LogP contribution in [-0.2, 0) is 0 Å². The Balaban J connectivity index is 1.35. The lowest BCUT2D eigenvalue weighted by molar-refractivity contribution is 1.47. The van der Waals surface area contributed by atoms with E-state index in [0.29, 0.717) is 11.1 Å². The zero-order valence-electron chi connectivity index (χ0n) is 21.8. The lowest BCUT2D eigenvalue weighted by Gasteiger charge is -2.11. The molecule has 0 aromatic heterocycles. The van der Waals surface area contributed by atoms with E-state index in [4.69, 9.17) is 0 Å². The molecule has 40 heavy (non-hydrogen) atoms. The third-order valence-corrected chi connectivity index (χ3v) is 7.14. The largest absolute Gasteiger partial charge is 0.192 e. The smallest absolute Gasteiger partial charge is 0.0998 e. The van der Waals surface area contributed by atoms with Crippen LogP contribution in [0.3, 0.4) is 0 Å². The molecule has 0 heterocycles. The van der Waals surface area contributed by atoms with Gasteiger partial charge in [0.1, 0.15) is 0 Å². The van der Waals surface area contributed by atoms with E-state index in [-0.39, 0.29) is 0 Å². The van der Waals surface area contributed by atoms with Crippen LogP contribution >= 0.6 is 0 Å². The Morgan fingerprint density at radius 3 is 1.38 bits per heavy atom. The summed E-state index contributed by atoms with van der Waals surface area (Å²) >= 11 is 0. The van der Waals surface area contributed by atoms with Gasteiger partial charge in [-0.1, -0.05) is 109 Å². The van der Waals surface area contributed by atoms with Gasteiger partial charge >= 0.3 is 0 Å². The maximum atomic E-state index is 9.86. The van der Waals surface area contributed by atoms with Gasteiger partial charge in [-0.05, 0) is 86.5 Å². The zero-order chi connectivity index (χ0) is 27.3. The van der Waals surface area contributed by atoms with Gasteiger partial charge in [0.25, 0.3) is 0 Å². The van der Waals surface area contributed by atoms with Crippen molar-refractivity contribution in [2.75, 3.05) is 0 Å². The fourth-order valence-electron chi connectivity index (χ4n) is 5.07. The minimum atomic E-state index is 0.634. The van der Waals surface area contributed by atoms with Crippen LogP contribution in [-0.4, -0.2) is 0 Å². The van der Waals surface area contributed by atoms with Gasteiger partial charge in [0, 0.05) is 5.56 Å². The molecule has 6 aromatic rings. The Bertz CT molecular complexity index is 1890. The van der Waals surface area contributed by atoms with E-state index < -0.39 is 0 Å². The molecule has 6 rings (SSSR count). The highest BCUT2D eigenvalue weighted by molar-refractivity contribution is 5.82. The highest BCUT2D eigenvalue weighted by Crippen LogP contribution is 2.34. The molecule has 0 N–H and O–H groups in total. The van der Waals surface area contributed by atoms with Crippen LogP contribution in [0.4, 0.5) is 0 Å². The minimum Gasteiger partial charge on any atom is -0.192 e. The summed E-state index contributed by atoms with van der Waals surface area (Å²) in [5.41, 5.74) is 11.7. The summed E-state index contributed by atoms with van der Waals surface area (Å²) in [4.78, 5) is 0. The second-order valence-electron chi connectivity index (χ2n) is 9.67. The molecule has 2 heteroatoms. The van der Waals surface area contributed by atoms with E-state index in [9.17, 15) is 10.5 Å². The first-order chi connectivity index (χ1) is 19.7. The third-order valence-electron chi connectivity index (χ3n) is 7.14. The number of benzene rings is 6. The predicted molar refractivity (Wildman–Crippen MR) is 163 cm³/mol. The molecule has 0 amide bonds. The van der Waals surface area contributed by atoms with E-state index in [2.05, 4.69) is 91.0 Å². The number of nitriles is 2. The van der Waals surface area contributed by atoms with Gasteiger partial charge in [0.2, 0.25) is 0 Å². The summed E-state index contributed by atoms with van der Waals surface area (Å²) in [5.74, 6) is 0. The van der Waals surface area contributed by atoms with Gasteiger partial charge < -0.3 is 0 Å². The lowest BCUT2D eigenvalue weighted by Crippen LogP contribution is -1.89. The average Bonchev–Trinajstić information content (AvgIpc) is 3.05. The molecule has 0 aliphatic heterocycles. The first-order valence-corrected chi connectivity index (χ1v) is 13.1. The van der Waals surface area contributed by atoms with E-state index in [1.807, 2.05) is 66.7 Å². The van der Waals surface area contributed by atoms with Crippen molar-refractivity contribution in [1.29, 1.82) is 10.5 Å². The molecule has 0 aliphatic carbocycles. The van der Waals surface area contributed by atoms with E-state index in [0.717, 1.165) is 55.6 Å². The molecule has 0 atom stereocenters. The van der Waals surface area contributed by atoms with Crippen molar-refractivity contribution in [2.24, 2.45) is 0 Å². The molecule has 0 saturated carbocycles. The molecule has 0 aliphatic rings. The van der Waals surface area contributed by atoms with Crippen molar-refractivity contribution in [3.8, 4) is 67.8 Å². The summed E-state index contributed by atoms with van der Waals surface area (Å²) in [6.45, 7) is 0. The quantitative estimate of drug-likeness (QED) is 0.233. The molecule has 0 radical (unpaired) electrons. The van der Waals surface area contributed by atoms with Crippen molar-refractivity contribution < 1.29 is 0 Å². The molecule has 0 saturated heterocycles. The van der Waals surface area contributed by atoms with E-state index >= 15 is 0 Å². The summed E-state index contributed by atoms with van der Waals surface area (Å²) in [6, 6.07) is 53.8. The maximum absolute atomic E-state index is 9.86. The van der Waals surface area contributed by atoms with Crippen LogP contribution in [0.1, 0.15) is 11.1 Å². The summed E-state index contributed by atoms with van der Waals surface area (Å²) in [7, 11) is 0. The van der Waals surface area contributed by atoms with Gasteiger partial charge in [0.05, 0.1) is 23.3 Å². The van der Waals surface area contributed by atoms with Crippen LogP contribution in [0.15, 0.2) is 146 Å². The molecule has 2 nitrogen and oxygen atoms in total. The Labute approximate surface area is 234 Å². The number of hydrogen-bond donors (Lipinski definition) is 0. The van der Waals surface area contributed by atoms with Crippen molar-refractivity contribution in [3.05, 3.63) is 157 Å². The number of nitrogens with zero attached hydrogens (tertiary/aromatic N) is 2. The van der Waals surface area contributed by atoms with Gasteiger partial charge in [-0.25, -0.2) is 0 Å². The Hall–Kier alpha value is -5.70. The van der Waals surface area contributed by atoms with Crippen LogP contribution in [0, 0.1) is 22.7 Å². The standard InChI is InChI=1S/C38H24N2/c39-25-27-20-36(29-10-5-2-6-11-29)23-37(21-27)31-16-14-30(15-17-31)33-18-19-35(26-40)38(24-33)34-13-7-12-32(22-34)28-8-3-1-4-9-28/h1-24H. The molecule has 0 fully saturated rings. The first kappa shape index (κ1) is 24.6. The summed E-state index contributed by atoms with van der Waals surface area (Å²) < 4.78 is 0. The molecule has 0 unspecified atom stereocenters. The zero-order valence-corrected chi connectivity index (χ0v) is 21.8. The SMILES string of the molecule is N#Cc1cc(-c2ccccc2)cc(-c2ccc(-c3ccc(C#N)c(-c4cccc(-c5ccccc5)c4)c3)cc2)c1. The molecule has 186 valence electrons. The lowest BCUT2D eigenvalue weighted by atomic mass is 9.92. The fourth-order valence-corrected chi connectivity index (χ4v) is 5.07. The minimum absolute atomic E-state index is 0.634. The fraction of sp³-hybridized carbons (Fsp3) is 0. The highest BCUT2D eigenvalue weighted by atomic mass is 14.3. The molecule has 0 spiro atoms. The van der Waals surface area contributed by atoms with Crippen molar-refractivity contribution >= 4 is 0 Å². The van der Waals surface area contributed by atoms with Gasteiger partial charge in [0.15, 0.2) is 0 Å². The van der Waals surface area contributed by atoms with Crippen LogP contribution < -0.4 is 0 Å². The maximum Gasteiger partial charge on any atom is 0.0998 e. The monoisotopic (exact) mass is 508 g/mol. The number of rotatable bonds is 5. The van der Waals surface area contributed by atoms with Crippen molar-refractivity contribution in [2.45, 2.75) is 0 Å². The molecular formula is C38H24N2. The first-order valence-electron chi connectivity index (χ1n) is 13.1. The normalized spacial score (nSPS) is 10.4. The second-order valence-corrected chi connectivity index (χ2v) is 9.67.